The first kappa shape index (κ1) is 15.1. The van der Waals surface area contributed by atoms with Crippen LogP contribution in [0.5, 0.6) is 0 Å². The molecule has 0 saturated carbocycles. The van der Waals surface area contributed by atoms with Crippen molar-refractivity contribution < 1.29 is 19.4 Å². The maximum absolute atomic E-state index is 11.4. The van der Waals surface area contributed by atoms with Gasteiger partial charge in [0, 0.05) is 27.2 Å². The average molecular weight is 270 g/mol. The molecule has 1 aromatic rings. The van der Waals surface area contributed by atoms with Crippen molar-refractivity contribution in [2.45, 2.75) is 6.54 Å². The normalized spacial score (nSPS) is 10.4. The van der Waals surface area contributed by atoms with Crippen molar-refractivity contribution in [1.82, 2.24) is 20.4 Å². The summed E-state index contributed by atoms with van der Waals surface area (Å²) in [5.41, 5.74) is 0.659. The number of methoxy groups -OCH3 is 1. The molecule has 0 unspecified atom stereocenters. The van der Waals surface area contributed by atoms with Gasteiger partial charge in [-0.05, 0) is 0 Å². The molecule has 0 bridgehead atoms. The third kappa shape index (κ3) is 4.68. The van der Waals surface area contributed by atoms with Gasteiger partial charge in [-0.25, -0.2) is 4.79 Å². The second-order valence-corrected chi connectivity index (χ2v) is 3.88. The van der Waals surface area contributed by atoms with Gasteiger partial charge in [0.2, 0.25) is 5.91 Å². The third-order valence-electron chi connectivity index (χ3n) is 2.50. The molecule has 0 aliphatic heterocycles. The van der Waals surface area contributed by atoms with Crippen LogP contribution in [-0.4, -0.2) is 53.6 Å². The number of rotatable bonds is 8. The lowest BCUT2D eigenvalue weighted by molar-refractivity contribution is -0.120. The number of carbonyl (C=O) groups excluding carboxylic acids is 1. The van der Waals surface area contributed by atoms with Crippen molar-refractivity contribution in [2.24, 2.45) is 7.05 Å². The molecule has 3 N–H and O–H groups in total. The summed E-state index contributed by atoms with van der Waals surface area (Å²) in [4.78, 5) is 22.3. The van der Waals surface area contributed by atoms with Crippen molar-refractivity contribution in [2.75, 3.05) is 26.8 Å². The molecule has 0 aliphatic carbocycles. The number of amides is 1. The molecule has 0 aromatic carbocycles. The molecule has 1 heterocycles. The van der Waals surface area contributed by atoms with E-state index in [9.17, 15) is 9.59 Å². The van der Waals surface area contributed by atoms with Crippen LogP contribution in [0.3, 0.4) is 0 Å². The van der Waals surface area contributed by atoms with Crippen molar-refractivity contribution in [3.05, 3.63) is 17.5 Å². The molecule has 1 amide bonds. The summed E-state index contributed by atoms with van der Waals surface area (Å²) in [6.07, 6.45) is 1.29. The largest absolute Gasteiger partial charge is 0.478 e. The van der Waals surface area contributed by atoms with Crippen molar-refractivity contribution >= 4 is 11.9 Å². The van der Waals surface area contributed by atoms with Gasteiger partial charge >= 0.3 is 5.97 Å². The van der Waals surface area contributed by atoms with Gasteiger partial charge in [0.05, 0.1) is 25.0 Å². The number of hydrogen-bond donors (Lipinski definition) is 3. The molecule has 0 spiro atoms. The summed E-state index contributed by atoms with van der Waals surface area (Å²) in [5.74, 6) is -1.20. The van der Waals surface area contributed by atoms with Gasteiger partial charge in [-0.15, -0.1) is 0 Å². The predicted octanol–water partition coefficient (Wildman–Crippen LogP) is -1.03. The van der Waals surface area contributed by atoms with E-state index in [-0.39, 0.29) is 24.6 Å². The summed E-state index contributed by atoms with van der Waals surface area (Å²) < 4.78 is 6.27. The van der Waals surface area contributed by atoms with Crippen molar-refractivity contribution in [3.8, 4) is 0 Å². The van der Waals surface area contributed by atoms with E-state index in [1.807, 2.05) is 0 Å². The zero-order chi connectivity index (χ0) is 14.3. The Bertz CT molecular complexity index is 444. The summed E-state index contributed by atoms with van der Waals surface area (Å²) in [6.45, 7) is 1.27. The number of carboxylic acid groups (broad SMARTS) is 1. The predicted molar refractivity (Wildman–Crippen MR) is 66.8 cm³/mol. The quantitative estimate of drug-likeness (QED) is 0.522. The van der Waals surface area contributed by atoms with E-state index in [1.54, 1.807) is 14.2 Å². The molecule has 0 atom stereocenters. The highest BCUT2D eigenvalue weighted by atomic mass is 16.5. The average Bonchev–Trinajstić information content (AvgIpc) is 2.72. The number of aromatic nitrogens is 2. The van der Waals surface area contributed by atoms with E-state index >= 15 is 0 Å². The topological polar surface area (TPSA) is 105 Å². The van der Waals surface area contributed by atoms with Gasteiger partial charge in [0.25, 0.3) is 0 Å². The Labute approximate surface area is 110 Å². The van der Waals surface area contributed by atoms with Crippen LogP contribution in [0.4, 0.5) is 0 Å². The Hall–Kier alpha value is -1.93. The third-order valence-corrected chi connectivity index (χ3v) is 2.50. The number of nitrogens with zero attached hydrogens (tertiary/aromatic N) is 2. The molecular formula is C11H18N4O4. The van der Waals surface area contributed by atoms with E-state index < -0.39 is 5.97 Å². The highest BCUT2D eigenvalue weighted by Crippen LogP contribution is 2.06. The Morgan fingerprint density at radius 2 is 2.26 bits per heavy atom. The lowest BCUT2D eigenvalue weighted by Crippen LogP contribution is -2.35. The minimum atomic E-state index is -1.03. The standard InChI is InChI=1S/C11H18N4O4/c1-15-9(8(5-14-15)11(17)18)6-12-7-10(16)13-3-4-19-2/h5,12H,3-4,6-7H2,1-2H3,(H,13,16)(H,17,18). The molecule has 8 nitrogen and oxygen atoms in total. The van der Waals surface area contributed by atoms with Crippen LogP contribution in [0.2, 0.25) is 0 Å². The van der Waals surface area contributed by atoms with Crippen LogP contribution in [-0.2, 0) is 23.1 Å². The Balaban J connectivity index is 2.39. The number of aryl methyl sites for hydroxylation is 1. The summed E-state index contributed by atoms with van der Waals surface area (Å²) >= 11 is 0. The SMILES string of the molecule is COCCNC(=O)CNCc1c(C(=O)O)cnn1C. The Morgan fingerprint density at radius 3 is 2.89 bits per heavy atom. The van der Waals surface area contributed by atoms with Crippen LogP contribution >= 0.6 is 0 Å². The molecule has 19 heavy (non-hydrogen) atoms. The van der Waals surface area contributed by atoms with Crippen molar-refractivity contribution in [1.29, 1.82) is 0 Å². The first-order valence-corrected chi connectivity index (χ1v) is 5.76. The lowest BCUT2D eigenvalue weighted by atomic mass is 10.2. The number of ether oxygens (including phenoxy) is 1. The monoisotopic (exact) mass is 270 g/mol. The maximum atomic E-state index is 11.4. The van der Waals surface area contributed by atoms with Crippen LogP contribution in [0, 0.1) is 0 Å². The smallest absolute Gasteiger partial charge is 0.339 e. The molecule has 0 aliphatic rings. The lowest BCUT2D eigenvalue weighted by Gasteiger charge is -2.07. The van der Waals surface area contributed by atoms with Gasteiger partial charge in [0.1, 0.15) is 5.56 Å². The first-order valence-electron chi connectivity index (χ1n) is 5.76. The van der Waals surface area contributed by atoms with Gasteiger partial charge in [0.15, 0.2) is 0 Å². The number of carbonyl (C=O) groups is 2. The zero-order valence-corrected chi connectivity index (χ0v) is 11.0. The van der Waals surface area contributed by atoms with E-state index in [1.165, 1.54) is 10.9 Å². The van der Waals surface area contributed by atoms with Gasteiger partial charge in [-0.2, -0.15) is 5.10 Å². The van der Waals surface area contributed by atoms with Crippen LogP contribution in [0.25, 0.3) is 0 Å². The van der Waals surface area contributed by atoms with E-state index in [0.717, 1.165) is 0 Å². The summed E-state index contributed by atoms with van der Waals surface area (Å²) in [5, 5.41) is 18.4. The van der Waals surface area contributed by atoms with Crippen molar-refractivity contribution in [3.63, 3.8) is 0 Å². The summed E-state index contributed by atoms with van der Waals surface area (Å²) in [7, 11) is 3.21. The molecule has 1 aromatic heterocycles. The minimum absolute atomic E-state index is 0.105. The van der Waals surface area contributed by atoms with Gasteiger partial charge in [-0.1, -0.05) is 0 Å². The second-order valence-electron chi connectivity index (χ2n) is 3.88. The second kappa shape index (κ2) is 7.49. The van der Waals surface area contributed by atoms with Gasteiger partial charge < -0.3 is 20.5 Å². The van der Waals surface area contributed by atoms with E-state index in [2.05, 4.69) is 15.7 Å². The molecule has 1 rings (SSSR count). The fourth-order valence-electron chi connectivity index (χ4n) is 1.50. The van der Waals surface area contributed by atoms with E-state index in [4.69, 9.17) is 9.84 Å². The van der Waals surface area contributed by atoms with Crippen LogP contribution < -0.4 is 10.6 Å². The number of nitrogens with one attached hydrogen (secondary N) is 2. The highest BCUT2D eigenvalue weighted by Gasteiger charge is 2.14. The van der Waals surface area contributed by atoms with Crippen LogP contribution in [0.15, 0.2) is 6.20 Å². The zero-order valence-electron chi connectivity index (χ0n) is 11.0. The molecule has 106 valence electrons. The number of aromatic carboxylic acids is 1. The highest BCUT2D eigenvalue weighted by molar-refractivity contribution is 5.88. The first-order chi connectivity index (χ1) is 9.06. The van der Waals surface area contributed by atoms with Crippen LogP contribution in [0.1, 0.15) is 16.1 Å². The molecule has 0 radical (unpaired) electrons. The Kier molecular flexibility index (Phi) is 5.97. The number of carboxylic acids is 1. The summed E-state index contributed by atoms with van der Waals surface area (Å²) in [6, 6.07) is 0. The minimum Gasteiger partial charge on any atom is -0.478 e. The fourth-order valence-corrected chi connectivity index (χ4v) is 1.50. The molecule has 8 heteroatoms. The van der Waals surface area contributed by atoms with E-state index in [0.29, 0.717) is 18.8 Å². The molecule has 0 fully saturated rings. The molecular weight excluding hydrogens is 252 g/mol. The molecule has 0 saturated heterocycles. The fraction of sp³-hybridized carbons (Fsp3) is 0.545. The maximum Gasteiger partial charge on any atom is 0.339 e. The van der Waals surface area contributed by atoms with Gasteiger partial charge in [-0.3, -0.25) is 9.48 Å². The number of hydrogen-bond acceptors (Lipinski definition) is 5. The Morgan fingerprint density at radius 1 is 1.53 bits per heavy atom.